The van der Waals surface area contributed by atoms with Crippen LogP contribution in [-0.2, 0) is 12.7 Å². The molecule has 5 heteroatoms. The van der Waals surface area contributed by atoms with Crippen molar-refractivity contribution in [1.29, 1.82) is 0 Å². The third-order valence-corrected chi connectivity index (χ3v) is 5.11. The lowest BCUT2D eigenvalue weighted by atomic mass is 9.82. The second kappa shape index (κ2) is 5.29. The number of aliphatic hydroxyl groups excluding tert-OH is 1. The Labute approximate surface area is 122 Å². The van der Waals surface area contributed by atoms with E-state index >= 15 is 0 Å². The van der Waals surface area contributed by atoms with Crippen molar-refractivity contribution >= 4 is 0 Å². The lowest BCUT2D eigenvalue weighted by Gasteiger charge is -2.26. The van der Waals surface area contributed by atoms with E-state index in [1.165, 1.54) is 6.42 Å². The average Bonchev–Trinajstić information content (AvgIpc) is 2.95. The molecule has 21 heavy (non-hydrogen) atoms. The highest BCUT2D eigenvalue weighted by molar-refractivity contribution is 5.24. The quantitative estimate of drug-likeness (QED) is 0.925. The molecule has 1 heterocycles. The molecule has 1 aliphatic carbocycles. The summed E-state index contributed by atoms with van der Waals surface area (Å²) in [5.74, 6) is 0.539. The number of hydrogen-bond donors (Lipinski definition) is 1. The first kappa shape index (κ1) is 14.9. The normalized spacial score (nSPS) is 29.8. The number of rotatable bonds is 3. The second-order valence-electron chi connectivity index (χ2n) is 6.47. The fourth-order valence-electron chi connectivity index (χ4n) is 3.96. The van der Waals surface area contributed by atoms with Gasteiger partial charge in [0.1, 0.15) is 0 Å². The van der Waals surface area contributed by atoms with E-state index in [-0.39, 0.29) is 12.0 Å². The van der Waals surface area contributed by atoms with E-state index in [1.807, 2.05) is 0 Å². The molecule has 0 radical (unpaired) electrons. The van der Waals surface area contributed by atoms with Crippen LogP contribution >= 0.6 is 0 Å². The molecule has 3 rings (SSSR count). The Bertz CT molecular complexity index is 499. The lowest BCUT2D eigenvalue weighted by molar-refractivity contribution is -0.137. The van der Waals surface area contributed by atoms with Crippen LogP contribution in [-0.4, -0.2) is 29.7 Å². The minimum absolute atomic E-state index is 0.0336. The molecule has 0 amide bonds. The molecule has 116 valence electrons. The Morgan fingerprint density at radius 2 is 1.95 bits per heavy atom. The van der Waals surface area contributed by atoms with Gasteiger partial charge in [-0.2, -0.15) is 13.2 Å². The van der Waals surface area contributed by atoms with Gasteiger partial charge in [-0.25, -0.2) is 0 Å². The molecule has 1 saturated heterocycles. The van der Waals surface area contributed by atoms with E-state index in [4.69, 9.17) is 0 Å². The highest BCUT2D eigenvalue weighted by Gasteiger charge is 2.48. The summed E-state index contributed by atoms with van der Waals surface area (Å²) in [5, 5.41) is 9.69. The maximum Gasteiger partial charge on any atom is 0.416 e. The smallest absolute Gasteiger partial charge is 0.396 e. The summed E-state index contributed by atoms with van der Waals surface area (Å²) in [6.45, 7) is 2.69. The molecule has 1 aromatic rings. The van der Waals surface area contributed by atoms with E-state index in [9.17, 15) is 18.3 Å². The van der Waals surface area contributed by atoms with Gasteiger partial charge in [-0.15, -0.1) is 0 Å². The number of hydrogen-bond acceptors (Lipinski definition) is 2. The summed E-state index contributed by atoms with van der Waals surface area (Å²) in [6, 6.07) is 5.41. The van der Waals surface area contributed by atoms with E-state index in [2.05, 4.69) is 4.90 Å². The molecule has 0 bridgehead atoms. The molecule has 1 N–H and O–H groups in total. The Morgan fingerprint density at radius 3 is 2.52 bits per heavy atom. The summed E-state index contributed by atoms with van der Waals surface area (Å²) in [4.78, 5) is 2.27. The monoisotopic (exact) mass is 299 g/mol. The Hall–Kier alpha value is -1.07. The van der Waals surface area contributed by atoms with E-state index < -0.39 is 11.7 Å². The van der Waals surface area contributed by atoms with Gasteiger partial charge in [0.25, 0.3) is 0 Å². The van der Waals surface area contributed by atoms with Crippen LogP contribution < -0.4 is 0 Å². The van der Waals surface area contributed by atoms with Crippen LogP contribution in [0.4, 0.5) is 13.2 Å². The molecule has 2 aliphatic rings. The fraction of sp³-hybridized carbons (Fsp3) is 0.625. The molecule has 2 atom stereocenters. The number of halogens is 3. The number of likely N-dealkylation sites (tertiary alicyclic amines) is 1. The number of nitrogens with zero attached hydrogens (tertiary/aromatic N) is 1. The molecule has 2 fully saturated rings. The second-order valence-corrected chi connectivity index (χ2v) is 6.47. The van der Waals surface area contributed by atoms with Gasteiger partial charge in [-0.1, -0.05) is 18.6 Å². The predicted octanol–water partition coefficient (Wildman–Crippen LogP) is 3.30. The van der Waals surface area contributed by atoms with Crippen molar-refractivity contribution in [3.63, 3.8) is 0 Å². The maximum absolute atomic E-state index is 12.5. The van der Waals surface area contributed by atoms with Crippen molar-refractivity contribution in [1.82, 2.24) is 4.90 Å². The molecular weight excluding hydrogens is 279 g/mol. The standard InChI is InChI=1S/C16H20F3NO/c17-16(18,19)13-5-3-12(4-6-13)8-20-9-14-2-1-7-15(14,10-20)11-21/h3-6,14,21H,1-2,7-11H2. The maximum atomic E-state index is 12.5. The average molecular weight is 299 g/mol. The highest BCUT2D eigenvalue weighted by Crippen LogP contribution is 2.48. The Balaban J connectivity index is 1.66. The zero-order chi connectivity index (χ0) is 15.1. The number of aliphatic hydroxyl groups is 1. The van der Waals surface area contributed by atoms with Gasteiger partial charge in [-0.05, 0) is 36.5 Å². The largest absolute Gasteiger partial charge is 0.416 e. The summed E-state index contributed by atoms with van der Waals surface area (Å²) >= 11 is 0. The van der Waals surface area contributed by atoms with Crippen molar-refractivity contribution in [2.45, 2.75) is 32.0 Å². The van der Waals surface area contributed by atoms with E-state index in [0.717, 1.165) is 43.6 Å². The minimum Gasteiger partial charge on any atom is -0.396 e. The third-order valence-electron chi connectivity index (χ3n) is 5.11. The Kier molecular flexibility index (Phi) is 3.74. The van der Waals surface area contributed by atoms with Crippen molar-refractivity contribution in [3.8, 4) is 0 Å². The summed E-state index contributed by atoms with van der Waals surface area (Å²) in [7, 11) is 0. The van der Waals surface area contributed by atoms with Gasteiger partial charge in [0.05, 0.1) is 12.2 Å². The number of fused-ring (bicyclic) bond motifs is 1. The van der Waals surface area contributed by atoms with Gasteiger partial charge in [-0.3, -0.25) is 4.90 Å². The van der Waals surface area contributed by atoms with Crippen molar-refractivity contribution in [3.05, 3.63) is 35.4 Å². The van der Waals surface area contributed by atoms with Crippen molar-refractivity contribution in [2.24, 2.45) is 11.3 Å². The summed E-state index contributed by atoms with van der Waals surface area (Å²) in [6.07, 6.45) is -0.870. The number of alkyl halides is 3. The van der Waals surface area contributed by atoms with Crippen molar-refractivity contribution in [2.75, 3.05) is 19.7 Å². The molecule has 2 nitrogen and oxygen atoms in total. The van der Waals surface area contributed by atoms with Gasteiger partial charge in [0, 0.05) is 25.0 Å². The van der Waals surface area contributed by atoms with Crippen LogP contribution in [0.15, 0.2) is 24.3 Å². The van der Waals surface area contributed by atoms with E-state index in [0.29, 0.717) is 12.5 Å². The number of benzene rings is 1. The van der Waals surface area contributed by atoms with Crippen LogP contribution in [0, 0.1) is 11.3 Å². The topological polar surface area (TPSA) is 23.5 Å². The van der Waals surface area contributed by atoms with Gasteiger partial charge >= 0.3 is 6.18 Å². The fourth-order valence-corrected chi connectivity index (χ4v) is 3.96. The highest BCUT2D eigenvalue weighted by atomic mass is 19.4. The Morgan fingerprint density at radius 1 is 1.24 bits per heavy atom. The molecule has 0 aromatic heterocycles. The molecule has 2 unspecified atom stereocenters. The van der Waals surface area contributed by atoms with Crippen molar-refractivity contribution < 1.29 is 18.3 Å². The molecular formula is C16H20F3NO. The predicted molar refractivity (Wildman–Crippen MR) is 73.6 cm³/mol. The lowest BCUT2D eigenvalue weighted by Crippen LogP contribution is -2.30. The zero-order valence-electron chi connectivity index (χ0n) is 11.9. The summed E-state index contributed by atoms with van der Waals surface area (Å²) in [5.41, 5.74) is 0.332. The first-order valence-electron chi connectivity index (χ1n) is 7.42. The summed E-state index contributed by atoms with van der Waals surface area (Å²) < 4.78 is 37.6. The molecule has 0 spiro atoms. The SMILES string of the molecule is OCC12CCCC1CN(Cc1ccc(C(F)(F)F)cc1)C2. The van der Waals surface area contributed by atoms with Gasteiger partial charge in [0.2, 0.25) is 0 Å². The molecule has 1 aromatic carbocycles. The molecule has 1 aliphatic heterocycles. The van der Waals surface area contributed by atoms with Crippen LogP contribution in [0.3, 0.4) is 0 Å². The van der Waals surface area contributed by atoms with E-state index in [1.54, 1.807) is 12.1 Å². The van der Waals surface area contributed by atoms with Crippen LogP contribution in [0.2, 0.25) is 0 Å². The van der Waals surface area contributed by atoms with Crippen LogP contribution in [0.25, 0.3) is 0 Å². The third kappa shape index (κ3) is 2.81. The van der Waals surface area contributed by atoms with Gasteiger partial charge < -0.3 is 5.11 Å². The van der Waals surface area contributed by atoms with Gasteiger partial charge in [0.15, 0.2) is 0 Å². The molecule has 1 saturated carbocycles. The first-order chi connectivity index (χ1) is 9.93. The first-order valence-corrected chi connectivity index (χ1v) is 7.42. The minimum atomic E-state index is -4.27. The zero-order valence-corrected chi connectivity index (χ0v) is 11.9. The van der Waals surface area contributed by atoms with Crippen LogP contribution in [0.5, 0.6) is 0 Å². The van der Waals surface area contributed by atoms with Crippen LogP contribution in [0.1, 0.15) is 30.4 Å².